The highest BCUT2D eigenvalue weighted by molar-refractivity contribution is 5.92. The average molecular weight is 332 g/mol. The summed E-state index contributed by atoms with van der Waals surface area (Å²) in [6.07, 6.45) is 0. The van der Waals surface area contributed by atoms with E-state index in [1.165, 1.54) is 0 Å². The Balaban J connectivity index is 1.74. The summed E-state index contributed by atoms with van der Waals surface area (Å²) in [5.74, 6) is 1.70. The predicted molar refractivity (Wildman–Crippen MR) is 90.0 cm³/mol. The van der Waals surface area contributed by atoms with Crippen LogP contribution in [0.25, 0.3) is 11.0 Å². The zero-order valence-corrected chi connectivity index (χ0v) is 13.3. The van der Waals surface area contributed by atoms with E-state index in [2.05, 4.69) is 19.9 Å². The summed E-state index contributed by atoms with van der Waals surface area (Å²) in [5.41, 5.74) is 13.2. The number of hydrogen-bond donors (Lipinski definition) is 2. The van der Waals surface area contributed by atoms with Crippen molar-refractivity contribution in [2.75, 3.05) is 73.9 Å². The first-order valence-electron chi connectivity index (χ1n) is 7.98. The van der Waals surface area contributed by atoms with Gasteiger partial charge in [0.1, 0.15) is 11.0 Å². The lowest BCUT2D eigenvalue weighted by molar-refractivity contribution is 0.122. The van der Waals surface area contributed by atoms with Crippen molar-refractivity contribution in [3.05, 3.63) is 0 Å². The van der Waals surface area contributed by atoms with Gasteiger partial charge in [0.15, 0.2) is 11.6 Å². The second kappa shape index (κ2) is 6.21. The molecule has 0 spiro atoms. The molecule has 2 fully saturated rings. The monoisotopic (exact) mass is 332 g/mol. The number of hydrogen-bond acceptors (Lipinski definition) is 10. The minimum atomic E-state index is 0.310. The first kappa shape index (κ1) is 15.1. The van der Waals surface area contributed by atoms with Crippen LogP contribution in [0.3, 0.4) is 0 Å². The van der Waals surface area contributed by atoms with E-state index in [4.69, 9.17) is 20.9 Å². The van der Waals surface area contributed by atoms with Crippen molar-refractivity contribution in [2.24, 2.45) is 0 Å². The fourth-order valence-electron chi connectivity index (χ4n) is 2.84. The molecule has 4 N–H and O–H groups in total. The molecule has 0 aromatic carbocycles. The molecule has 2 aliphatic heterocycles. The maximum Gasteiger partial charge on any atom is 0.228 e. The Morgan fingerprint density at radius 2 is 1.00 bits per heavy atom. The summed E-state index contributed by atoms with van der Waals surface area (Å²) in [5, 5.41) is 0. The van der Waals surface area contributed by atoms with Crippen LogP contribution in [0.15, 0.2) is 0 Å². The van der Waals surface area contributed by atoms with Crippen molar-refractivity contribution in [2.45, 2.75) is 0 Å². The van der Waals surface area contributed by atoms with E-state index in [0.29, 0.717) is 61.0 Å². The molecule has 0 bridgehead atoms. The van der Waals surface area contributed by atoms with E-state index < -0.39 is 0 Å². The maximum absolute atomic E-state index is 6.13. The van der Waals surface area contributed by atoms with Crippen LogP contribution < -0.4 is 21.3 Å². The number of anilines is 4. The van der Waals surface area contributed by atoms with Crippen LogP contribution in [0.5, 0.6) is 0 Å². The second-order valence-corrected chi connectivity index (χ2v) is 5.71. The quantitative estimate of drug-likeness (QED) is 0.725. The van der Waals surface area contributed by atoms with Gasteiger partial charge < -0.3 is 30.7 Å². The Morgan fingerprint density at radius 3 is 1.38 bits per heavy atom. The topological polar surface area (TPSA) is 129 Å². The first-order valence-corrected chi connectivity index (χ1v) is 7.98. The van der Waals surface area contributed by atoms with Crippen molar-refractivity contribution < 1.29 is 9.47 Å². The number of nitrogens with two attached hydrogens (primary N) is 2. The molecule has 0 atom stereocenters. The van der Waals surface area contributed by atoms with Gasteiger partial charge in [0, 0.05) is 26.2 Å². The molecule has 10 heteroatoms. The molecule has 2 aromatic rings. The zero-order chi connectivity index (χ0) is 16.5. The number of ether oxygens (including phenoxy) is 2. The highest BCUT2D eigenvalue weighted by Gasteiger charge is 2.21. The van der Waals surface area contributed by atoms with Gasteiger partial charge in [-0.1, -0.05) is 0 Å². The Bertz CT molecular complexity index is 680. The molecule has 0 saturated carbocycles. The molecule has 2 aliphatic rings. The lowest BCUT2D eigenvalue weighted by Crippen LogP contribution is -2.38. The van der Waals surface area contributed by atoms with Gasteiger partial charge in [-0.05, 0) is 0 Å². The summed E-state index contributed by atoms with van der Waals surface area (Å²) in [7, 11) is 0. The first-order chi connectivity index (χ1) is 11.7. The standard InChI is InChI=1S/C14H20N8O2/c15-11-10-9(17-13(19-11)21-1-5-23-6-2-21)12(16)20-14(18-10)22-3-7-24-8-4-22/h1-8H2,(H2,15,17,19)(H2,16,18,20). The van der Waals surface area contributed by atoms with Crippen LogP contribution in [0.1, 0.15) is 0 Å². The molecule has 24 heavy (non-hydrogen) atoms. The van der Waals surface area contributed by atoms with Crippen LogP contribution in [-0.2, 0) is 9.47 Å². The molecule has 0 amide bonds. The molecule has 4 heterocycles. The van der Waals surface area contributed by atoms with Gasteiger partial charge >= 0.3 is 0 Å². The van der Waals surface area contributed by atoms with Crippen molar-refractivity contribution >= 4 is 34.6 Å². The van der Waals surface area contributed by atoms with Crippen molar-refractivity contribution in [3.8, 4) is 0 Å². The number of fused-ring (bicyclic) bond motifs is 1. The van der Waals surface area contributed by atoms with Crippen LogP contribution in [0.4, 0.5) is 23.5 Å². The van der Waals surface area contributed by atoms with Crippen LogP contribution in [0.2, 0.25) is 0 Å². The minimum Gasteiger partial charge on any atom is -0.382 e. The van der Waals surface area contributed by atoms with E-state index in [1.807, 2.05) is 9.80 Å². The van der Waals surface area contributed by atoms with Crippen molar-refractivity contribution in [1.82, 2.24) is 19.9 Å². The second-order valence-electron chi connectivity index (χ2n) is 5.71. The van der Waals surface area contributed by atoms with Gasteiger partial charge in [0.25, 0.3) is 0 Å². The van der Waals surface area contributed by atoms with E-state index in [0.717, 1.165) is 26.2 Å². The normalized spacial score (nSPS) is 19.0. The average Bonchev–Trinajstić information content (AvgIpc) is 2.63. The van der Waals surface area contributed by atoms with E-state index in [-0.39, 0.29) is 0 Å². The SMILES string of the molecule is Nc1nc(N2CCOCC2)nc2c(N)nc(N3CCOCC3)nc12. The smallest absolute Gasteiger partial charge is 0.228 e. The lowest BCUT2D eigenvalue weighted by Gasteiger charge is -2.28. The van der Waals surface area contributed by atoms with Crippen LogP contribution in [0, 0.1) is 0 Å². The lowest BCUT2D eigenvalue weighted by atomic mass is 10.3. The van der Waals surface area contributed by atoms with E-state index in [9.17, 15) is 0 Å². The van der Waals surface area contributed by atoms with Crippen molar-refractivity contribution in [3.63, 3.8) is 0 Å². The summed E-state index contributed by atoms with van der Waals surface area (Å²) in [6.45, 7) is 5.45. The Kier molecular flexibility index (Phi) is 3.90. The van der Waals surface area contributed by atoms with Gasteiger partial charge in [0.2, 0.25) is 11.9 Å². The summed E-state index contributed by atoms with van der Waals surface area (Å²) in [4.78, 5) is 21.9. The molecule has 0 radical (unpaired) electrons. The largest absolute Gasteiger partial charge is 0.382 e. The van der Waals surface area contributed by atoms with Gasteiger partial charge in [0.05, 0.1) is 26.4 Å². The molecule has 4 rings (SSSR count). The fourth-order valence-corrected chi connectivity index (χ4v) is 2.84. The number of nitrogen functional groups attached to an aromatic ring is 2. The molecule has 128 valence electrons. The van der Waals surface area contributed by atoms with Crippen LogP contribution >= 0.6 is 0 Å². The minimum absolute atomic E-state index is 0.310. The third kappa shape index (κ3) is 2.74. The maximum atomic E-state index is 6.13. The molecule has 2 aromatic heterocycles. The number of rotatable bonds is 2. The Morgan fingerprint density at radius 1 is 0.625 bits per heavy atom. The van der Waals surface area contributed by atoms with Gasteiger partial charge in [-0.3, -0.25) is 0 Å². The highest BCUT2D eigenvalue weighted by Crippen LogP contribution is 2.26. The van der Waals surface area contributed by atoms with Crippen LogP contribution in [-0.4, -0.2) is 72.5 Å². The highest BCUT2D eigenvalue weighted by atomic mass is 16.5. The van der Waals surface area contributed by atoms with Gasteiger partial charge in [-0.25, -0.2) is 9.97 Å². The third-order valence-corrected chi connectivity index (χ3v) is 4.16. The number of morpholine rings is 2. The number of nitrogens with zero attached hydrogens (tertiary/aromatic N) is 6. The molecular formula is C14H20N8O2. The van der Waals surface area contributed by atoms with Gasteiger partial charge in [-0.15, -0.1) is 0 Å². The molecule has 0 aliphatic carbocycles. The Hall–Kier alpha value is -2.46. The fraction of sp³-hybridized carbons (Fsp3) is 0.571. The van der Waals surface area contributed by atoms with E-state index in [1.54, 1.807) is 0 Å². The summed E-state index contributed by atoms with van der Waals surface area (Å²) < 4.78 is 10.7. The summed E-state index contributed by atoms with van der Waals surface area (Å²) in [6, 6.07) is 0. The molecular weight excluding hydrogens is 312 g/mol. The number of aromatic nitrogens is 4. The zero-order valence-electron chi connectivity index (χ0n) is 13.3. The molecule has 10 nitrogen and oxygen atoms in total. The van der Waals surface area contributed by atoms with Crippen molar-refractivity contribution in [1.29, 1.82) is 0 Å². The van der Waals surface area contributed by atoms with E-state index >= 15 is 0 Å². The third-order valence-electron chi connectivity index (χ3n) is 4.16. The summed E-state index contributed by atoms with van der Waals surface area (Å²) >= 11 is 0. The Labute approximate surface area is 138 Å². The van der Waals surface area contributed by atoms with Gasteiger partial charge in [-0.2, -0.15) is 9.97 Å². The molecule has 0 unspecified atom stereocenters. The molecule has 2 saturated heterocycles. The predicted octanol–water partition coefficient (Wildman–Crippen LogP) is -0.743.